The molecule has 0 bridgehead atoms. The monoisotopic (exact) mass is 291 g/mol. The summed E-state index contributed by atoms with van der Waals surface area (Å²) in [6, 6.07) is 5.22. The van der Waals surface area contributed by atoms with Crippen molar-refractivity contribution in [3.05, 3.63) is 33.8 Å². The smallest absolute Gasteiger partial charge is 0.292 e. The van der Waals surface area contributed by atoms with Crippen LogP contribution in [0.25, 0.3) is 0 Å². The minimum atomic E-state index is -3.29. The highest BCUT2D eigenvalue weighted by Crippen LogP contribution is 2.45. The topological polar surface area (TPSA) is 46.2 Å². The van der Waals surface area contributed by atoms with Gasteiger partial charge in [0.05, 0.1) is 0 Å². The lowest BCUT2D eigenvalue weighted by atomic mass is 9.86. The molecule has 1 aliphatic carbocycles. The lowest BCUT2D eigenvalue weighted by Crippen LogP contribution is -2.53. The number of aliphatic hydroxyl groups is 1. The second-order valence-corrected chi connectivity index (χ2v) is 5.05. The van der Waals surface area contributed by atoms with Gasteiger partial charge in [0.1, 0.15) is 12.1 Å². The lowest BCUT2D eigenvalue weighted by molar-refractivity contribution is -0.113. The van der Waals surface area contributed by atoms with Gasteiger partial charge in [-0.05, 0) is 36.1 Å². The zero-order valence-corrected chi connectivity index (χ0v) is 10.1. The fraction of sp³-hybridized carbons (Fsp3) is 0.455. The van der Waals surface area contributed by atoms with Crippen LogP contribution in [0.2, 0.25) is 0 Å². The van der Waals surface area contributed by atoms with Crippen LogP contribution in [-0.4, -0.2) is 17.6 Å². The molecule has 0 unspecified atom stereocenters. The number of nitrogens with two attached hydrogens (primary N) is 1. The third kappa shape index (κ3) is 1.58. The number of hydrogen-bond acceptors (Lipinski definition) is 2. The predicted octanol–water partition coefficient (Wildman–Crippen LogP) is 2.18. The van der Waals surface area contributed by atoms with E-state index in [0.717, 1.165) is 10.0 Å². The Morgan fingerprint density at radius 2 is 2.19 bits per heavy atom. The third-order valence-electron chi connectivity index (χ3n) is 3.19. The highest BCUT2D eigenvalue weighted by molar-refractivity contribution is 9.10. The molecule has 3 N–H and O–H groups in total. The normalized spacial score (nSPS) is 24.6. The molecule has 2 rings (SSSR count). The Balaban J connectivity index is 2.53. The van der Waals surface area contributed by atoms with Crippen molar-refractivity contribution in [1.82, 2.24) is 0 Å². The van der Waals surface area contributed by atoms with Gasteiger partial charge in [0.2, 0.25) is 0 Å². The molecule has 5 heteroatoms. The van der Waals surface area contributed by atoms with Gasteiger partial charge in [-0.3, -0.25) is 0 Å². The molecule has 0 saturated heterocycles. The van der Waals surface area contributed by atoms with Crippen LogP contribution in [0.5, 0.6) is 0 Å². The van der Waals surface area contributed by atoms with Gasteiger partial charge in [0, 0.05) is 4.47 Å². The van der Waals surface area contributed by atoms with Gasteiger partial charge in [-0.1, -0.05) is 22.0 Å². The van der Waals surface area contributed by atoms with E-state index >= 15 is 0 Å². The van der Waals surface area contributed by atoms with E-state index in [1.807, 2.05) is 6.07 Å². The molecule has 0 fully saturated rings. The Kier molecular flexibility index (Phi) is 2.80. The number of fused-ring (bicyclic) bond motifs is 1. The van der Waals surface area contributed by atoms with E-state index in [1.54, 1.807) is 12.1 Å². The first-order valence-corrected chi connectivity index (χ1v) is 5.76. The molecule has 16 heavy (non-hydrogen) atoms. The molecule has 0 saturated carbocycles. The second-order valence-electron chi connectivity index (χ2n) is 4.14. The molecule has 0 spiro atoms. The van der Waals surface area contributed by atoms with E-state index < -0.39 is 18.1 Å². The summed E-state index contributed by atoms with van der Waals surface area (Å²) in [6.07, 6.45) is 0.682. The Labute approximate surface area is 101 Å². The Hall–Kier alpha value is -0.520. The molecule has 0 amide bonds. The molecule has 1 aromatic carbocycles. The summed E-state index contributed by atoms with van der Waals surface area (Å²) in [5, 5.41) is 8.77. The number of halogens is 3. The van der Waals surface area contributed by atoms with Crippen LogP contribution >= 0.6 is 15.9 Å². The molecule has 1 aliphatic rings. The van der Waals surface area contributed by atoms with Gasteiger partial charge in [-0.2, -0.15) is 0 Å². The van der Waals surface area contributed by atoms with Crippen molar-refractivity contribution in [3.63, 3.8) is 0 Å². The zero-order chi connectivity index (χ0) is 12.0. The average molecular weight is 292 g/mol. The van der Waals surface area contributed by atoms with E-state index in [2.05, 4.69) is 15.9 Å². The first-order valence-electron chi connectivity index (χ1n) is 4.97. The lowest BCUT2D eigenvalue weighted by Gasteiger charge is -2.33. The fourth-order valence-electron chi connectivity index (χ4n) is 2.17. The number of aryl methyl sites for hydroxylation is 1. The molecule has 1 aromatic rings. The van der Waals surface area contributed by atoms with Crippen molar-refractivity contribution < 1.29 is 13.9 Å². The van der Waals surface area contributed by atoms with Crippen LogP contribution in [0.4, 0.5) is 8.78 Å². The van der Waals surface area contributed by atoms with Crippen molar-refractivity contribution in [2.24, 2.45) is 5.73 Å². The summed E-state index contributed by atoms with van der Waals surface area (Å²) in [6.45, 7) is -1.23. The van der Waals surface area contributed by atoms with Crippen molar-refractivity contribution >= 4 is 15.9 Å². The van der Waals surface area contributed by atoms with Crippen LogP contribution in [0.15, 0.2) is 22.7 Å². The highest BCUT2D eigenvalue weighted by atomic mass is 79.9. The largest absolute Gasteiger partial charge is 0.390 e. The van der Waals surface area contributed by atoms with Crippen LogP contribution in [0, 0.1) is 0 Å². The second kappa shape index (κ2) is 3.75. The van der Waals surface area contributed by atoms with Crippen molar-refractivity contribution in [2.45, 2.75) is 24.3 Å². The Bertz CT molecular complexity index is 424. The highest BCUT2D eigenvalue weighted by Gasteiger charge is 2.54. The number of benzene rings is 1. The standard InChI is InChI=1S/C11H12BrF2NO/c12-8-2-1-7-3-4-10(15,9(7)5-8)11(13,14)6-16/h1-2,5,16H,3-4,6,15H2/t10-/m0/s1. The van der Waals surface area contributed by atoms with Crippen LogP contribution in [-0.2, 0) is 12.0 Å². The minimum Gasteiger partial charge on any atom is -0.390 e. The summed E-state index contributed by atoms with van der Waals surface area (Å²) in [7, 11) is 0. The van der Waals surface area contributed by atoms with Gasteiger partial charge in [-0.15, -0.1) is 0 Å². The molecule has 0 aliphatic heterocycles. The molecular formula is C11H12BrF2NO. The van der Waals surface area contributed by atoms with E-state index in [4.69, 9.17) is 10.8 Å². The Morgan fingerprint density at radius 3 is 2.81 bits per heavy atom. The molecular weight excluding hydrogens is 280 g/mol. The quantitative estimate of drug-likeness (QED) is 0.877. The number of aliphatic hydroxyl groups excluding tert-OH is 1. The molecule has 0 heterocycles. The maximum absolute atomic E-state index is 13.7. The van der Waals surface area contributed by atoms with Gasteiger partial charge in [0.25, 0.3) is 5.92 Å². The first kappa shape index (κ1) is 12.0. The predicted molar refractivity (Wildman–Crippen MR) is 60.4 cm³/mol. The summed E-state index contributed by atoms with van der Waals surface area (Å²) >= 11 is 3.24. The van der Waals surface area contributed by atoms with Crippen LogP contribution in [0.3, 0.4) is 0 Å². The zero-order valence-electron chi connectivity index (χ0n) is 8.51. The van der Waals surface area contributed by atoms with Gasteiger partial charge >= 0.3 is 0 Å². The molecule has 88 valence electrons. The summed E-state index contributed by atoms with van der Waals surface area (Å²) in [5.74, 6) is -3.29. The van der Waals surface area contributed by atoms with Gasteiger partial charge in [0.15, 0.2) is 0 Å². The van der Waals surface area contributed by atoms with E-state index in [1.165, 1.54) is 0 Å². The fourth-order valence-corrected chi connectivity index (χ4v) is 2.53. The molecule has 0 aromatic heterocycles. The van der Waals surface area contributed by atoms with Crippen molar-refractivity contribution in [3.8, 4) is 0 Å². The van der Waals surface area contributed by atoms with E-state index in [0.29, 0.717) is 12.0 Å². The van der Waals surface area contributed by atoms with Crippen molar-refractivity contribution in [1.29, 1.82) is 0 Å². The summed E-state index contributed by atoms with van der Waals surface area (Å²) < 4.78 is 28.0. The van der Waals surface area contributed by atoms with Gasteiger partial charge in [-0.25, -0.2) is 8.78 Å². The number of rotatable bonds is 2. The van der Waals surface area contributed by atoms with E-state index in [9.17, 15) is 8.78 Å². The summed E-state index contributed by atoms with van der Waals surface area (Å²) in [4.78, 5) is 0. The summed E-state index contributed by atoms with van der Waals surface area (Å²) in [5.41, 5.74) is 5.31. The number of alkyl halides is 2. The molecule has 0 radical (unpaired) electrons. The first-order chi connectivity index (χ1) is 7.40. The Morgan fingerprint density at radius 1 is 1.50 bits per heavy atom. The van der Waals surface area contributed by atoms with Crippen molar-refractivity contribution in [2.75, 3.05) is 6.61 Å². The maximum Gasteiger partial charge on any atom is 0.292 e. The van der Waals surface area contributed by atoms with Gasteiger partial charge < -0.3 is 10.8 Å². The van der Waals surface area contributed by atoms with Crippen LogP contribution < -0.4 is 5.73 Å². The minimum absolute atomic E-state index is 0.159. The maximum atomic E-state index is 13.7. The third-order valence-corrected chi connectivity index (χ3v) is 3.69. The molecule has 1 atom stereocenters. The SMILES string of the molecule is N[C@@]1(C(F)(F)CO)CCc2ccc(Br)cc21. The average Bonchev–Trinajstić information content (AvgIpc) is 2.58. The molecule has 2 nitrogen and oxygen atoms in total. The van der Waals surface area contributed by atoms with E-state index in [-0.39, 0.29) is 6.42 Å². The van der Waals surface area contributed by atoms with Crippen LogP contribution in [0.1, 0.15) is 17.5 Å². The number of hydrogen-bond donors (Lipinski definition) is 2.